The molecule has 0 saturated carbocycles. The Kier molecular flexibility index (Phi) is 8.16. The molecular weight excluding hydrogens is 629 g/mol. The highest BCUT2D eigenvalue weighted by molar-refractivity contribution is 7.84. The lowest BCUT2D eigenvalue weighted by molar-refractivity contribution is -0.124. The highest BCUT2D eigenvalue weighted by Crippen LogP contribution is 2.45. The number of anilines is 1. The van der Waals surface area contributed by atoms with Crippen LogP contribution in [0.4, 0.5) is 5.69 Å². The fourth-order valence-electron chi connectivity index (χ4n) is 6.71. The van der Waals surface area contributed by atoms with E-state index in [2.05, 4.69) is 26.7 Å². The van der Waals surface area contributed by atoms with Gasteiger partial charge in [-0.15, -0.1) is 5.10 Å². The van der Waals surface area contributed by atoms with Crippen molar-refractivity contribution in [1.29, 1.82) is 0 Å². The second kappa shape index (κ2) is 12.3. The minimum Gasteiger partial charge on any atom is -0.494 e. The summed E-state index contributed by atoms with van der Waals surface area (Å²) in [6, 6.07) is 19.0. The van der Waals surface area contributed by atoms with E-state index in [1.54, 1.807) is 30.6 Å². The van der Waals surface area contributed by atoms with Gasteiger partial charge in [-0.2, -0.15) is 12.7 Å². The number of benzene rings is 3. The number of hydrogen-bond donors (Lipinski definition) is 1. The van der Waals surface area contributed by atoms with Crippen LogP contribution >= 0.6 is 0 Å². The molecule has 2 atom stereocenters. The third-order valence-electron chi connectivity index (χ3n) is 9.50. The second-order valence-electron chi connectivity index (χ2n) is 13.1. The predicted octanol–water partition coefficient (Wildman–Crippen LogP) is 6.05. The minimum atomic E-state index is -4.06. The Balaban J connectivity index is 1.37. The molecule has 2 unspecified atom stereocenters. The molecule has 3 aromatic carbocycles. The summed E-state index contributed by atoms with van der Waals surface area (Å²) in [6.45, 7) is 9.25. The topological polar surface area (TPSA) is 129 Å². The lowest BCUT2D eigenvalue weighted by Gasteiger charge is -2.35. The molecule has 11 nitrogen and oxygen atoms in total. The van der Waals surface area contributed by atoms with Crippen LogP contribution in [0.15, 0.2) is 73.1 Å². The summed E-state index contributed by atoms with van der Waals surface area (Å²) in [5, 5.41) is 12.2. The molecule has 0 aliphatic carbocycles. The lowest BCUT2D eigenvalue weighted by Crippen LogP contribution is -2.38. The third kappa shape index (κ3) is 5.90. The molecule has 0 spiro atoms. The lowest BCUT2D eigenvalue weighted by atomic mass is 9.69. The van der Waals surface area contributed by atoms with Crippen molar-refractivity contribution in [2.45, 2.75) is 66.1 Å². The number of hydrogen-bond acceptors (Lipinski definition) is 8. The van der Waals surface area contributed by atoms with E-state index < -0.39 is 21.6 Å². The molecule has 1 N–H and O–H groups in total. The molecule has 0 fully saturated rings. The Morgan fingerprint density at radius 3 is 2.65 bits per heavy atom. The summed E-state index contributed by atoms with van der Waals surface area (Å²) in [5.41, 5.74) is 6.55. The first-order chi connectivity index (χ1) is 23.0. The summed E-state index contributed by atoms with van der Waals surface area (Å²) in [5.74, 6) is 0.361. The molecule has 2 aromatic heterocycles. The van der Waals surface area contributed by atoms with E-state index >= 15 is 0 Å². The van der Waals surface area contributed by atoms with Crippen LogP contribution < -0.4 is 14.2 Å². The van der Waals surface area contributed by atoms with Gasteiger partial charge in [0, 0.05) is 37.3 Å². The summed E-state index contributed by atoms with van der Waals surface area (Å²) in [6.07, 6.45) is 4.91. The van der Waals surface area contributed by atoms with E-state index in [1.165, 1.54) is 4.31 Å². The van der Waals surface area contributed by atoms with E-state index in [9.17, 15) is 13.2 Å². The molecule has 0 radical (unpaired) electrons. The number of pyridine rings is 1. The molecule has 3 aliphatic heterocycles. The molecule has 1 amide bonds. The average Bonchev–Trinajstić information content (AvgIpc) is 3.47. The zero-order valence-electron chi connectivity index (χ0n) is 27.4. The van der Waals surface area contributed by atoms with E-state index in [0.29, 0.717) is 30.3 Å². The molecule has 12 heteroatoms. The van der Waals surface area contributed by atoms with Crippen LogP contribution in [-0.4, -0.2) is 45.2 Å². The standard InChI is InChI=1S/C36H38N6O5S/c1-23-9-10-25-18-26(23)21-41-22-27-19-29(11-14-32(27)47-48(41,44)45)46-17-6-5-16-42-31-13-12-30(24(2)34(31)39-40-42)33(25)36(3,4)35(43)38-28-8-7-15-37-20-28/h7-15,18-20,33H,5-6,16-17,21-22H2,1-4H3,(H,38,43). The van der Waals surface area contributed by atoms with Crippen molar-refractivity contribution in [3.63, 3.8) is 0 Å². The van der Waals surface area contributed by atoms with E-state index in [-0.39, 0.29) is 19.0 Å². The maximum Gasteiger partial charge on any atom is 0.385 e. The summed E-state index contributed by atoms with van der Waals surface area (Å²) < 4.78 is 41.6. The highest BCUT2D eigenvalue weighted by atomic mass is 32.2. The first-order valence-electron chi connectivity index (χ1n) is 16.1. The van der Waals surface area contributed by atoms with Crippen LogP contribution in [0.5, 0.6) is 11.5 Å². The quantitative estimate of drug-likeness (QED) is 0.247. The number of carbonyl (C=O) groups is 1. The smallest absolute Gasteiger partial charge is 0.385 e. The zero-order chi connectivity index (χ0) is 33.6. The highest BCUT2D eigenvalue weighted by Gasteiger charge is 2.41. The van der Waals surface area contributed by atoms with Gasteiger partial charge in [0.25, 0.3) is 0 Å². The Morgan fingerprint density at radius 2 is 1.83 bits per heavy atom. The fourth-order valence-corrected chi connectivity index (χ4v) is 7.80. The number of amides is 1. The van der Waals surface area contributed by atoms with Crippen LogP contribution in [0.3, 0.4) is 0 Å². The van der Waals surface area contributed by atoms with Gasteiger partial charge in [0.1, 0.15) is 17.0 Å². The van der Waals surface area contributed by atoms with Gasteiger partial charge in [-0.3, -0.25) is 9.78 Å². The van der Waals surface area contributed by atoms with Crippen molar-refractivity contribution in [2.75, 3.05) is 11.9 Å². The van der Waals surface area contributed by atoms with Crippen molar-refractivity contribution >= 4 is 32.9 Å². The number of carbonyl (C=O) groups excluding carboxylic acids is 1. The Hall–Kier alpha value is -4.81. The maximum atomic E-state index is 14.1. The van der Waals surface area contributed by atoms with Crippen LogP contribution in [0, 0.1) is 19.3 Å². The van der Waals surface area contributed by atoms with Gasteiger partial charge in [-0.25, -0.2) is 4.68 Å². The van der Waals surface area contributed by atoms with Gasteiger partial charge in [-0.05, 0) is 90.9 Å². The van der Waals surface area contributed by atoms with Gasteiger partial charge in [0.2, 0.25) is 5.91 Å². The predicted molar refractivity (Wildman–Crippen MR) is 182 cm³/mol. The third-order valence-corrected chi connectivity index (χ3v) is 10.8. The number of nitrogens with one attached hydrogen (secondary N) is 1. The second-order valence-corrected chi connectivity index (χ2v) is 14.7. The van der Waals surface area contributed by atoms with Crippen molar-refractivity contribution in [3.05, 3.63) is 106 Å². The fraction of sp³-hybridized carbons (Fsp3) is 0.333. The van der Waals surface area contributed by atoms with Crippen LogP contribution in [-0.2, 0) is 34.7 Å². The average molecular weight is 667 g/mol. The molecule has 5 heterocycles. The van der Waals surface area contributed by atoms with Gasteiger partial charge >= 0.3 is 10.3 Å². The van der Waals surface area contributed by atoms with Gasteiger partial charge in [0.05, 0.1) is 29.4 Å². The first kappa shape index (κ1) is 31.8. The number of fused-ring (bicyclic) bond motifs is 5. The minimum absolute atomic E-state index is 0.0912. The van der Waals surface area contributed by atoms with Gasteiger partial charge < -0.3 is 14.2 Å². The monoisotopic (exact) mass is 666 g/mol. The molecule has 5 aromatic rings. The summed E-state index contributed by atoms with van der Waals surface area (Å²) in [4.78, 5) is 18.3. The zero-order valence-corrected chi connectivity index (χ0v) is 28.3. The van der Waals surface area contributed by atoms with E-state index in [0.717, 1.165) is 57.3 Å². The molecule has 48 heavy (non-hydrogen) atoms. The van der Waals surface area contributed by atoms with Crippen molar-refractivity contribution in [3.8, 4) is 11.5 Å². The van der Waals surface area contributed by atoms with Crippen molar-refractivity contribution in [2.24, 2.45) is 5.41 Å². The Labute approximate surface area is 280 Å². The Morgan fingerprint density at radius 1 is 1.00 bits per heavy atom. The van der Waals surface area contributed by atoms with Crippen LogP contribution in [0.25, 0.3) is 11.0 Å². The number of rotatable bonds is 3. The van der Waals surface area contributed by atoms with Gasteiger partial charge in [0.15, 0.2) is 0 Å². The number of ether oxygens (including phenoxy) is 1. The summed E-state index contributed by atoms with van der Waals surface area (Å²) in [7, 11) is -4.06. The largest absolute Gasteiger partial charge is 0.494 e. The SMILES string of the molecule is Cc1ccc2cc1CN1Cc3cc(ccc3OS1(=O)=O)OCCCCn1nnc3c(C)c(ccc31)C2C(C)(C)C(=O)Nc1cccnc1. The molecule has 9 bridgehead atoms. The number of aryl methyl sites for hydroxylation is 3. The molecule has 8 rings (SSSR count). The Bertz CT molecular complexity index is 2130. The van der Waals surface area contributed by atoms with Gasteiger partial charge in [-0.1, -0.05) is 43.3 Å². The first-order valence-corrected chi connectivity index (χ1v) is 17.5. The molecule has 0 saturated heterocycles. The van der Waals surface area contributed by atoms with E-state index in [4.69, 9.17) is 8.92 Å². The number of aromatic nitrogens is 4. The molecule has 3 aliphatic rings. The summed E-state index contributed by atoms with van der Waals surface area (Å²) >= 11 is 0. The van der Waals surface area contributed by atoms with Crippen LogP contribution in [0.1, 0.15) is 66.0 Å². The van der Waals surface area contributed by atoms with Crippen molar-refractivity contribution < 1.29 is 22.1 Å². The molecular formula is C36H38N6O5S. The van der Waals surface area contributed by atoms with Crippen LogP contribution in [0.2, 0.25) is 0 Å². The maximum absolute atomic E-state index is 14.1. The van der Waals surface area contributed by atoms with E-state index in [1.807, 2.05) is 68.8 Å². The number of nitrogens with zero attached hydrogens (tertiary/aromatic N) is 5. The van der Waals surface area contributed by atoms with Crippen molar-refractivity contribution in [1.82, 2.24) is 24.3 Å². The molecule has 248 valence electrons. The normalized spacial score (nSPS) is 19.1.